The van der Waals surface area contributed by atoms with Crippen LogP contribution >= 0.6 is 23.7 Å². The molecule has 1 aromatic heterocycles. The van der Waals surface area contributed by atoms with E-state index in [1.807, 2.05) is 0 Å². The number of aliphatic hydroxyl groups excluding tert-OH is 1. The summed E-state index contributed by atoms with van der Waals surface area (Å²) in [5.74, 6) is 0.945. The van der Waals surface area contributed by atoms with Gasteiger partial charge in [0, 0.05) is 31.5 Å². The molecule has 0 aromatic carbocycles. The lowest BCUT2D eigenvalue weighted by atomic mass is 9.92. The third-order valence-corrected chi connectivity index (χ3v) is 3.25. The van der Waals surface area contributed by atoms with Crippen LogP contribution in [0.2, 0.25) is 0 Å². The largest absolute Gasteiger partial charge is 0.396 e. The number of aliphatic hydroxyl groups is 1. The van der Waals surface area contributed by atoms with Crippen molar-refractivity contribution in [1.82, 2.24) is 5.32 Å². The van der Waals surface area contributed by atoms with Gasteiger partial charge in [-0.1, -0.05) is 0 Å². The van der Waals surface area contributed by atoms with Gasteiger partial charge in [-0.15, -0.1) is 12.4 Å². The lowest BCUT2D eigenvalue weighted by Gasteiger charge is -2.13. The van der Waals surface area contributed by atoms with Gasteiger partial charge < -0.3 is 10.4 Å². The molecule has 2 N–H and O–H groups in total. The van der Waals surface area contributed by atoms with Crippen LogP contribution in [0.25, 0.3) is 0 Å². The van der Waals surface area contributed by atoms with E-state index in [4.69, 9.17) is 5.11 Å². The Balaban J connectivity index is 0.000000845. The van der Waals surface area contributed by atoms with E-state index in [2.05, 4.69) is 22.1 Å². The van der Waals surface area contributed by atoms with Gasteiger partial charge >= 0.3 is 0 Å². The average Bonchev–Trinajstić information content (AvgIpc) is 2.74. The Labute approximate surface area is 88.4 Å². The minimum Gasteiger partial charge on any atom is -0.396 e. The number of hydrogen-bond acceptors (Lipinski definition) is 3. The Morgan fingerprint density at radius 2 is 2.38 bits per heavy atom. The van der Waals surface area contributed by atoms with E-state index in [0.717, 1.165) is 13.1 Å². The Morgan fingerprint density at radius 3 is 3.00 bits per heavy atom. The van der Waals surface area contributed by atoms with Gasteiger partial charge in [0.15, 0.2) is 0 Å². The predicted molar refractivity (Wildman–Crippen MR) is 57.8 cm³/mol. The van der Waals surface area contributed by atoms with E-state index in [1.54, 1.807) is 11.3 Å². The summed E-state index contributed by atoms with van der Waals surface area (Å²) in [6.07, 6.45) is 0. The second kappa shape index (κ2) is 4.96. The van der Waals surface area contributed by atoms with Crippen molar-refractivity contribution in [1.29, 1.82) is 0 Å². The summed E-state index contributed by atoms with van der Waals surface area (Å²) in [5, 5.41) is 16.7. The maximum absolute atomic E-state index is 9.10. The summed E-state index contributed by atoms with van der Waals surface area (Å²) in [5.41, 5.74) is 1.38. The van der Waals surface area contributed by atoms with Gasteiger partial charge in [-0.3, -0.25) is 0 Å². The lowest BCUT2D eigenvalue weighted by molar-refractivity contribution is 0.226. The second-order valence-electron chi connectivity index (χ2n) is 3.26. The first-order chi connectivity index (χ1) is 5.92. The molecule has 1 saturated heterocycles. The number of halogens is 1. The van der Waals surface area contributed by atoms with Gasteiger partial charge in [0.25, 0.3) is 0 Å². The van der Waals surface area contributed by atoms with Crippen molar-refractivity contribution in [3.8, 4) is 0 Å². The van der Waals surface area contributed by atoms with Crippen molar-refractivity contribution in [3.05, 3.63) is 22.4 Å². The fourth-order valence-corrected chi connectivity index (χ4v) is 2.53. The first kappa shape index (κ1) is 11.0. The first-order valence-electron chi connectivity index (χ1n) is 4.25. The van der Waals surface area contributed by atoms with Crippen molar-refractivity contribution in [2.45, 2.75) is 5.92 Å². The summed E-state index contributed by atoms with van der Waals surface area (Å²) < 4.78 is 0. The van der Waals surface area contributed by atoms with Gasteiger partial charge in [-0.05, 0) is 22.4 Å². The number of rotatable bonds is 2. The molecule has 0 amide bonds. The fraction of sp³-hybridized carbons (Fsp3) is 0.556. The Morgan fingerprint density at radius 1 is 1.54 bits per heavy atom. The molecule has 0 unspecified atom stereocenters. The van der Waals surface area contributed by atoms with Crippen molar-refractivity contribution < 1.29 is 5.11 Å². The molecule has 0 saturated carbocycles. The highest BCUT2D eigenvalue weighted by Gasteiger charge is 2.27. The standard InChI is InChI=1S/C9H13NOS.ClH/c11-5-8-3-10-4-9(8)7-1-2-12-6-7;/h1-2,6,8-11H,3-5H2;1H/t8-,9-;/m1./s1. The molecular formula is C9H14ClNOS. The van der Waals surface area contributed by atoms with Crippen LogP contribution in [0.4, 0.5) is 0 Å². The summed E-state index contributed by atoms with van der Waals surface area (Å²) in [6, 6.07) is 2.16. The van der Waals surface area contributed by atoms with Crippen LogP contribution in [0.15, 0.2) is 16.8 Å². The minimum absolute atomic E-state index is 0. The molecule has 2 nitrogen and oxygen atoms in total. The quantitative estimate of drug-likeness (QED) is 0.790. The normalized spacial score (nSPS) is 27.2. The number of thiophene rings is 1. The van der Waals surface area contributed by atoms with Crippen molar-refractivity contribution in [3.63, 3.8) is 0 Å². The summed E-state index contributed by atoms with van der Waals surface area (Å²) in [7, 11) is 0. The Kier molecular flexibility index (Phi) is 4.19. The fourth-order valence-electron chi connectivity index (χ4n) is 1.80. The predicted octanol–water partition coefficient (Wildman–Crippen LogP) is 1.47. The smallest absolute Gasteiger partial charge is 0.0477 e. The van der Waals surface area contributed by atoms with Crippen LogP contribution in [-0.2, 0) is 0 Å². The molecule has 1 aromatic rings. The highest BCUT2D eigenvalue weighted by molar-refractivity contribution is 7.07. The maximum Gasteiger partial charge on any atom is 0.0477 e. The molecule has 13 heavy (non-hydrogen) atoms. The van der Waals surface area contributed by atoms with E-state index < -0.39 is 0 Å². The van der Waals surface area contributed by atoms with E-state index >= 15 is 0 Å². The zero-order valence-corrected chi connectivity index (χ0v) is 8.90. The molecular weight excluding hydrogens is 206 g/mol. The first-order valence-corrected chi connectivity index (χ1v) is 5.19. The molecule has 0 aliphatic carbocycles. The molecule has 1 fully saturated rings. The molecule has 0 bridgehead atoms. The Hall–Kier alpha value is -0.0900. The molecule has 4 heteroatoms. The van der Waals surface area contributed by atoms with Crippen LogP contribution in [0.5, 0.6) is 0 Å². The zero-order chi connectivity index (χ0) is 8.39. The highest BCUT2D eigenvalue weighted by atomic mass is 35.5. The van der Waals surface area contributed by atoms with E-state index in [0.29, 0.717) is 18.4 Å². The second-order valence-corrected chi connectivity index (χ2v) is 4.04. The van der Waals surface area contributed by atoms with E-state index in [1.165, 1.54) is 5.56 Å². The maximum atomic E-state index is 9.10. The van der Waals surface area contributed by atoms with Gasteiger partial charge in [0.2, 0.25) is 0 Å². The lowest BCUT2D eigenvalue weighted by Crippen LogP contribution is -2.14. The number of nitrogens with one attached hydrogen (secondary N) is 1. The summed E-state index contributed by atoms with van der Waals surface area (Å²) in [4.78, 5) is 0. The van der Waals surface area contributed by atoms with Crippen LogP contribution in [0.1, 0.15) is 11.5 Å². The van der Waals surface area contributed by atoms with Gasteiger partial charge in [0.05, 0.1) is 0 Å². The molecule has 2 heterocycles. The monoisotopic (exact) mass is 219 g/mol. The molecule has 0 spiro atoms. The third kappa shape index (κ3) is 2.23. The van der Waals surface area contributed by atoms with Gasteiger partial charge in [-0.2, -0.15) is 11.3 Å². The molecule has 1 aliphatic heterocycles. The van der Waals surface area contributed by atoms with Gasteiger partial charge in [0.1, 0.15) is 0 Å². The molecule has 2 rings (SSSR count). The van der Waals surface area contributed by atoms with E-state index in [9.17, 15) is 0 Å². The summed E-state index contributed by atoms with van der Waals surface area (Å²) >= 11 is 1.73. The van der Waals surface area contributed by atoms with Gasteiger partial charge in [-0.25, -0.2) is 0 Å². The molecule has 1 aliphatic rings. The SMILES string of the molecule is Cl.OC[C@H]1CNC[C@@H]1c1ccsc1. The van der Waals surface area contributed by atoms with Crippen LogP contribution in [-0.4, -0.2) is 24.8 Å². The molecule has 74 valence electrons. The average molecular weight is 220 g/mol. The third-order valence-electron chi connectivity index (χ3n) is 2.55. The van der Waals surface area contributed by atoms with Crippen LogP contribution in [0, 0.1) is 5.92 Å². The van der Waals surface area contributed by atoms with Crippen molar-refractivity contribution >= 4 is 23.7 Å². The minimum atomic E-state index is 0. The van der Waals surface area contributed by atoms with Crippen LogP contribution in [0.3, 0.4) is 0 Å². The summed E-state index contributed by atoms with van der Waals surface area (Å²) in [6.45, 7) is 2.27. The molecule has 0 radical (unpaired) electrons. The molecule has 2 atom stereocenters. The topological polar surface area (TPSA) is 32.3 Å². The van der Waals surface area contributed by atoms with E-state index in [-0.39, 0.29) is 12.4 Å². The highest BCUT2D eigenvalue weighted by Crippen LogP contribution is 2.28. The van der Waals surface area contributed by atoms with Crippen molar-refractivity contribution in [2.24, 2.45) is 5.92 Å². The van der Waals surface area contributed by atoms with Crippen LogP contribution < -0.4 is 5.32 Å². The number of hydrogen-bond donors (Lipinski definition) is 2. The van der Waals surface area contributed by atoms with Crippen molar-refractivity contribution in [2.75, 3.05) is 19.7 Å². The Bertz CT molecular complexity index is 240. The zero-order valence-electron chi connectivity index (χ0n) is 7.27.